The summed E-state index contributed by atoms with van der Waals surface area (Å²) in [7, 11) is 0. The van der Waals surface area contributed by atoms with Gasteiger partial charge in [0.2, 0.25) is 0 Å². The second-order valence-electron chi connectivity index (χ2n) is 3.27. The van der Waals surface area contributed by atoms with Gasteiger partial charge in [-0.1, -0.05) is 6.07 Å². The Labute approximate surface area is 95.4 Å². The number of halogens is 2. The van der Waals surface area contributed by atoms with Gasteiger partial charge in [-0.2, -0.15) is 0 Å². The summed E-state index contributed by atoms with van der Waals surface area (Å²) < 4.78 is 2.31. The summed E-state index contributed by atoms with van der Waals surface area (Å²) in [6.07, 6.45) is 2.64. The minimum Gasteiger partial charge on any atom is -0.371 e. The number of anilines is 1. The van der Waals surface area contributed by atoms with Gasteiger partial charge in [-0.05, 0) is 56.8 Å². The van der Waals surface area contributed by atoms with Gasteiger partial charge in [0.15, 0.2) is 0 Å². The lowest BCUT2D eigenvalue weighted by atomic mass is 10.3. The fourth-order valence-electron chi connectivity index (χ4n) is 1.69. The Morgan fingerprint density at radius 3 is 2.46 bits per heavy atom. The van der Waals surface area contributed by atoms with E-state index in [1.54, 1.807) is 0 Å². The first-order valence-electron chi connectivity index (χ1n) is 4.48. The van der Waals surface area contributed by atoms with Crippen molar-refractivity contribution in [2.45, 2.75) is 12.8 Å². The van der Waals surface area contributed by atoms with Crippen molar-refractivity contribution in [3.8, 4) is 0 Å². The Bertz CT molecular complexity index is 306. The molecule has 0 N–H and O–H groups in total. The van der Waals surface area contributed by atoms with E-state index in [0.29, 0.717) is 0 Å². The molecule has 1 aromatic carbocycles. The third-order valence-corrected chi connectivity index (χ3v) is 4.40. The summed E-state index contributed by atoms with van der Waals surface area (Å²) in [5, 5.41) is 0. The molecule has 1 heterocycles. The third-order valence-electron chi connectivity index (χ3n) is 2.38. The molecular weight excluding hydrogens is 294 g/mol. The van der Waals surface area contributed by atoms with Crippen molar-refractivity contribution in [1.82, 2.24) is 0 Å². The Balaban J connectivity index is 2.33. The van der Waals surface area contributed by atoms with Crippen molar-refractivity contribution in [2.75, 3.05) is 18.0 Å². The molecule has 0 aliphatic carbocycles. The van der Waals surface area contributed by atoms with Gasteiger partial charge < -0.3 is 4.90 Å². The molecule has 1 aromatic rings. The molecular formula is C10H11Br2N. The summed E-state index contributed by atoms with van der Waals surface area (Å²) in [6, 6.07) is 6.31. The van der Waals surface area contributed by atoms with Crippen LogP contribution in [0.3, 0.4) is 0 Å². The summed E-state index contributed by atoms with van der Waals surface area (Å²) in [5.74, 6) is 0. The second kappa shape index (κ2) is 4.01. The van der Waals surface area contributed by atoms with Gasteiger partial charge >= 0.3 is 0 Å². The van der Waals surface area contributed by atoms with Gasteiger partial charge in [0, 0.05) is 17.6 Å². The highest BCUT2D eigenvalue weighted by molar-refractivity contribution is 9.13. The van der Waals surface area contributed by atoms with E-state index in [9.17, 15) is 0 Å². The maximum Gasteiger partial charge on any atom is 0.0551 e. The van der Waals surface area contributed by atoms with E-state index in [4.69, 9.17) is 0 Å². The Hall–Kier alpha value is -0.0200. The summed E-state index contributed by atoms with van der Waals surface area (Å²) >= 11 is 7.12. The summed E-state index contributed by atoms with van der Waals surface area (Å²) in [5.41, 5.74) is 1.31. The number of rotatable bonds is 1. The minimum absolute atomic E-state index is 1.14. The molecule has 1 nitrogen and oxygen atoms in total. The first-order chi connectivity index (χ1) is 6.29. The van der Waals surface area contributed by atoms with Crippen molar-refractivity contribution in [1.29, 1.82) is 0 Å². The summed E-state index contributed by atoms with van der Waals surface area (Å²) in [6.45, 7) is 2.38. The standard InChI is InChI=1S/C10H11Br2N/c11-8-4-3-5-9(10(8)12)13-6-1-2-7-13/h3-5H,1-2,6-7H2. The Kier molecular flexibility index (Phi) is 2.94. The molecule has 0 amide bonds. The normalized spacial score (nSPS) is 16.6. The van der Waals surface area contributed by atoms with Crippen LogP contribution in [0.1, 0.15) is 12.8 Å². The fraction of sp³-hybridized carbons (Fsp3) is 0.400. The molecule has 0 saturated carbocycles. The summed E-state index contributed by atoms with van der Waals surface area (Å²) in [4.78, 5) is 2.43. The average Bonchev–Trinajstić information content (AvgIpc) is 2.62. The zero-order valence-corrected chi connectivity index (χ0v) is 10.4. The van der Waals surface area contributed by atoms with E-state index >= 15 is 0 Å². The highest BCUT2D eigenvalue weighted by Crippen LogP contribution is 2.34. The average molecular weight is 305 g/mol. The van der Waals surface area contributed by atoms with Crippen molar-refractivity contribution >= 4 is 37.5 Å². The lowest BCUT2D eigenvalue weighted by Crippen LogP contribution is -2.17. The molecule has 13 heavy (non-hydrogen) atoms. The van der Waals surface area contributed by atoms with Crippen LogP contribution >= 0.6 is 31.9 Å². The van der Waals surface area contributed by atoms with E-state index in [1.807, 2.05) is 0 Å². The first-order valence-corrected chi connectivity index (χ1v) is 6.06. The zero-order chi connectivity index (χ0) is 9.26. The second-order valence-corrected chi connectivity index (χ2v) is 4.91. The smallest absolute Gasteiger partial charge is 0.0551 e. The Morgan fingerprint density at radius 2 is 1.77 bits per heavy atom. The third kappa shape index (κ3) is 1.91. The number of hydrogen-bond acceptors (Lipinski definition) is 1. The highest BCUT2D eigenvalue weighted by Gasteiger charge is 2.15. The monoisotopic (exact) mass is 303 g/mol. The lowest BCUT2D eigenvalue weighted by molar-refractivity contribution is 0.949. The van der Waals surface area contributed by atoms with Crippen molar-refractivity contribution in [3.05, 3.63) is 27.1 Å². The highest BCUT2D eigenvalue weighted by atomic mass is 79.9. The molecule has 2 rings (SSSR count). The van der Waals surface area contributed by atoms with Crippen LogP contribution in [0.4, 0.5) is 5.69 Å². The van der Waals surface area contributed by atoms with Crippen LogP contribution in [0.2, 0.25) is 0 Å². The van der Waals surface area contributed by atoms with Gasteiger partial charge in [-0.3, -0.25) is 0 Å². The van der Waals surface area contributed by atoms with Gasteiger partial charge in [0.25, 0.3) is 0 Å². The van der Waals surface area contributed by atoms with Gasteiger partial charge in [0.05, 0.1) is 10.2 Å². The van der Waals surface area contributed by atoms with Crippen LogP contribution < -0.4 is 4.90 Å². The van der Waals surface area contributed by atoms with E-state index in [-0.39, 0.29) is 0 Å². The predicted octanol–water partition coefficient (Wildman–Crippen LogP) is 3.81. The lowest BCUT2D eigenvalue weighted by Gasteiger charge is -2.19. The molecule has 1 saturated heterocycles. The Morgan fingerprint density at radius 1 is 1.08 bits per heavy atom. The van der Waals surface area contributed by atoms with Crippen LogP contribution in [-0.2, 0) is 0 Å². The minimum atomic E-state index is 1.14. The molecule has 70 valence electrons. The zero-order valence-electron chi connectivity index (χ0n) is 7.26. The molecule has 3 heteroatoms. The van der Waals surface area contributed by atoms with E-state index in [0.717, 1.165) is 4.47 Å². The maximum absolute atomic E-state index is 3.60. The molecule has 1 aliphatic rings. The van der Waals surface area contributed by atoms with Crippen molar-refractivity contribution < 1.29 is 0 Å². The van der Waals surface area contributed by atoms with Gasteiger partial charge in [0.1, 0.15) is 0 Å². The van der Waals surface area contributed by atoms with Crippen LogP contribution in [0.15, 0.2) is 27.1 Å². The maximum atomic E-state index is 3.60. The topological polar surface area (TPSA) is 3.24 Å². The van der Waals surface area contributed by atoms with E-state index in [1.165, 1.54) is 36.1 Å². The van der Waals surface area contributed by atoms with Crippen molar-refractivity contribution in [2.24, 2.45) is 0 Å². The molecule has 0 unspecified atom stereocenters. The van der Waals surface area contributed by atoms with Crippen LogP contribution in [-0.4, -0.2) is 13.1 Å². The number of hydrogen-bond donors (Lipinski definition) is 0. The van der Waals surface area contributed by atoms with Gasteiger partial charge in [-0.25, -0.2) is 0 Å². The molecule has 0 aromatic heterocycles. The van der Waals surface area contributed by atoms with Crippen LogP contribution in [0, 0.1) is 0 Å². The first kappa shape index (κ1) is 9.53. The number of nitrogens with zero attached hydrogens (tertiary/aromatic N) is 1. The van der Waals surface area contributed by atoms with Crippen LogP contribution in [0.25, 0.3) is 0 Å². The van der Waals surface area contributed by atoms with Gasteiger partial charge in [-0.15, -0.1) is 0 Å². The fourth-order valence-corrected chi connectivity index (χ4v) is 2.57. The van der Waals surface area contributed by atoms with E-state index < -0.39 is 0 Å². The van der Waals surface area contributed by atoms with Crippen molar-refractivity contribution in [3.63, 3.8) is 0 Å². The predicted molar refractivity (Wildman–Crippen MR) is 63.3 cm³/mol. The molecule has 0 radical (unpaired) electrons. The molecule has 1 fully saturated rings. The molecule has 0 spiro atoms. The largest absolute Gasteiger partial charge is 0.371 e. The quantitative estimate of drug-likeness (QED) is 0.762. The number of benzene rings is 1. The van der Waals surface area contributed by atoms with E-state index in [2.05, 4.69) is 55.0 Å². The SMILES string of the molecule is Brc1cccc(N2CCCC2)c1Br. The molecule has 0 bridgehead atoms. The molecule has 1 aliphatic heterocycles. The molecule has 0 atom stereocenters. The van der Waals surface area contributed by atoms with Crippen LogP contribution in [0.5, 0.6) is 0 Å².